The number of ether oxygens (including phenoxy) is 1. The molecule has 1 amide bonds. The number of benzene rings is 2. The van der Waals surface area contributed by atoms with E-state index in [0.717, 1.165) is 31.1 Å². The van der Waals surface area contributed by atoms with Crippen molar-refractivity contribution in [3.05, 3.63) is 60.2 Å². The van der Waals surface area contributed by atoms with Crippen LogP contribution in [0.25, 0.3) is 0 Å². The summed E-state index contributed by atoms with van der Waals surface area (Å²) in [6.07, 6.45) is 0. The molecule has 0 spiro atoms. The molecule has 0 aliphatic rings. The van der Waals surface area contributed by atoms with E-state index in [9.17, 15) is 4.79 Å². The number of hydrogen-bond acceptors (Lipinski definition) is 3. The van der Waals surface area contributed by atoms with E-state index >= 15 is 0 Å². The number of amides is 1. The predicted molar refractivity (Wildman–Crippen MR) is 94.1 cm³/mol. The van der Waals surface area contributed by atoms with Gasteiger partial charge in [0.05, 0.1) is 0 Å². The van der Waals surface area contributed by atoms with Crippen molar-refractivity contribution < 1.29 is 9.53 Å². The van der Waals surface area contributed by atoms with Crippen molar-refractivity contribution >= 4 is 11.6 Å². The number of rotatable bonds is 8. The van der Waals surface area contributed by atoms with Crippen LogP contribution in [0.1, 0.15) is 24.2 Å². The SMILES string of the molecule is CCN(CC)CCOc1ccc(NC(=O)c2ccccc2)cc1. The molecule has 0 aromatic heterocycles. The molecule has 0 heterocycles. The zero-order chi connectivity index (χ0) is 16.5. The second-order valence-corrected chi connectivity index (χ2v) is 5.22. The van der Waals surface area contributed by atoms with Gasteiger partial charge in [0, 0.05) is 17.8 Å². The highest BCUT2D eigenvalue weighted by molar-refractivity contribution is 6.04. The number of carbonyl (C=O) groups excluding carboxylic acids is 1. The third-order valence-electron chi connectivity index (χ3n) is 3.72. The van der Waals surface area contributed by atoms with Crippen molar-refractivity contribution in [1.29, 1.82) is 0 Å². The number of carbonyl (C=O) groups is 1. The van der Waals surface area contributed by atoms with Gasteiger partial charge in [-0.3, -0.25) is 4.79 Å². The summed E-state index contributed by atoms with van der Waals surface area (Å²) in [6, 6.07) is 16.6. The molecule has 4 heteroatoms. The molecular weight excluding hydrogens is 288 g/mol. The lowest BCUT2D eigenvalue weighted by Gasteiger charge is -2.18. The second kappa shape index (κ2) is 8.96. The Kier molecular flexibility index (Phi) is 6.63. The normalized spacial score (nSPS) is 10.6. The van der Waals surface area contributed by atoms with E-state index in [-0.39, 0.29) is 5.91 Å². The van der Waals surface area contributed by atoms with Gasteiger partial charge in [0.25, 0.3) is 5.91 Å². The minimum atomic E-state index is -0.110. The van der Waals surface area contributed by atoms with Crippen molar-refractivity contribution in [3.63, 3.8) is 0 Å². The van der Waals surface area contributed by atoms with Crippen LogP contribution in [0.2, 0.25) is 0 Å². The molecule has 2 aromatic rings. The van der Waals surface area contributed by atoms with E-state index in [1.54, 1.807) is 12.1 Å². The summed E-state index contributed by atoms with van der Waals surface area (Å²) in [5, 5.41) is 2.88. The molecule has 23 heavy (non-hydrogen) atoms. The summed E-state index contributed by atoms with van der Waals surface area (Å²) in [5.41, 5.74) is 1.40. The minimum absolute atomic E-state index is 0.110. The molecule has 2 rings (SSSR count). The average Bonchev–Trinajstić information content (AvgIpc) is 2.61. The van der Waals surface area contributed by atoms with Crippen LogP contribution >= 0.6 is 0 Å². The molecule has 0 bridgehead atoms. The van der Waals surface area contributed by atoms with E-state index in [1.807, 2.05) is 42.5 Å². The van der Waals surface area contributed by atoms with Crippen LogP contribution < -0.4 is 10.1 Å². The van der Waals surface area contributed by atoms with Crippen molar-refractivity contribution in [1.82, 2.24) is 4.90 Å². The van der Waals surface area contributed by atoms with Gasteiger partial charge in [-0.15, -0.1) is 0 Å². The number of anilines is 1. The van der Waals surface area contributed by atoms with Crippen LogP contribution in [0.4, 0.5) is 5.69 Å². The number of nitrogens with zero attached hydrogens (tertiary/aromatic N) is 1. The molecule has 122 valence electrons. The van der Waals surface area contributed by atoms with Gasteiger partial charge in [-0.25, -0.2) is 0 Å². The predicted octanol–water partition coefficient (Wildman–Crippen LogP) is 3.66. The largest absolute Gasteiger partial charge is 0.492 e. The van der Waals surface area contributed by atoms with Crippen LogP contribution in [0, 0.1) is 0 Å². The lowest BCUT2D eigenvalue weighted by Crippen LogP contribution is -2.27. The maximum atomic E-state index is 12.1. The summed E-state index contributed by atoms with van der Waals surface area (Å²) in [4.78, 5) is 14.4. The van der Waals surface area contributed by atoms with E-state index in [4.69, 9.17) is 4.74 Å². The van der Waals surface area contributed by atoms with Gasteiger partial charge < -0.3 is 15.0 Å². The Morgan fingerprint density at radius 1 is 1.00 bits per heavy atom. The maximum absolute atomic E-state index is 12.1. The summed E-state index contributed by atoms with van der Waals surface area (Å²) >= 11 is 0. The first-order valence-corrected chi connectivity index (χ1v) is 8.04. The van der Waals surface area contributed by atoms with Gasteiger partial charge in [-0.05, 0) is 49.5 Å². The first-order chi connectivity index (χ1) is 11.2. The zero-order valence-corrected chi connectivity index (χ0v) is 13.8. The smallest absolute Gasteiger partial charge is 0.255 e. The molecule has 0 saturated heterocycles. The van der Waals surface area contributed by atoms with Crippen LogP contribution in [0.3, 0.4) is 0 Å². The minimum Gasteiger partial charge on any atom is -0.492 e. The second-order valence-electron chi connectivity index (χ2n) is 5.22. The monoisotopic (exact) mass is 312 g/mol. The Labute approximate surface area is 138 Å². The van der Waals surface area contributed by atoms with E-state index in [2.05, 4.69) is 24.1 Å². The highest BCUT2D eigenvalue weighted by atomic mass is 16.5. The van der Waals surface area contributed by atoms with Crippen LogP contribution in [0.5, 0.6) is 5.75 Å². The summed E-state index contributed by atoms with van der Waals surface area (Å²) in [5.74, 6) is 0.704. The maximum Gasteiger partial charge on any atom is 0.255 e. The lowest BCUT2D eigenvalue weighted by atomic mass is 10.2. The van der Waals surface area contributed by atoms with E-state index in [0.29, 0.717) is 12.2 Å². The number of nitrogens with one attached hydrogen (secondary N) is 1. The van der Waals surface area contributed by atoms with E-state index in [1.165, 1.54) is 0 Å². The summed E-state index contributed by atoms with van der Waals surface area (Å²) in [6.45, 7) is 7.94. The molecule has 1 N–H and O–H groups in total. The van der Waals surface area contributed by atoms with Gasteiger partial charge in [-0.2, -0.15) is 0 Å². The molecular formula is C19H24N2O2. The van der Waals surface area contributed by atoms with E-state index < -0.39 is 0 Å². The first kappa shape index (κ1) is 17.0. The van der Waals surface area contributed by atoms with Crippen molar-refractivity contribution in [3.8, 4) is 5.75 Å². The van der Waals surface area contributed by atoms with Gasteiger partial charge in [0.2, 0.25) is 0 Å². The molecule has 0 radical (unpaired) electrons. The fourth-order valence-corrected chi connectivity index (χ4v) is 2.26. The van der Waals surface area contributed by atoms with Crippen molar-refractivity contribution in [2.75, 3.05) is 31.6 Å². The Morgan fingerprint density at radius 3 is 2.26 bits per heavy atom. The lowest BCUT2D eigenvalue weighted by molar-refractivity contribution is 0.102. The number of likely N-dealkylation sites (N-methyl/N-ethyl adjacent to an activating group) is 1. The molecule has 0 unspecified atom stereocenters. The fourth-order valence-electron chi connectivity index (χ4n) is 2.26. The third kappa shape index (κ3) is 5.42. The standard InChI is InChI=1S/C19H24N2O2/c1-3-21(4-2)14-15-23-18-12-10-17(11-13-18)20-19(22)16-8-6-5-7-9-16/h5-13H,3-4,14-15H2,1-2H3,(H,20,22). The molecule has 0 atom stereocenters. The van der Waals surface area contributed by atoms with Crippen LogP contribution in [0.15, 0.2) is 54.6 Å². The molecule has 0 aliphatic carbocycles. The average molecular weight is 312 g/mol. The third-order valence-corrected chi connectivity index (χ3v) is 3.72. The van der Waals surface area contributed by atoms with Gasteiger partial charge in [0.15, 0.2) is 0 Å². The molecule has 0 fully saturated rings. The molecule has 4 nitrogen and oxygen atoms in total. The van der Waals surface area contributed by atoms with Crippen LogP contribution in [-0.2, 0) is 0 Å². The quantitative estimate of drug-likeness (QED) is 0.809. The van der Waals surface area contributed by atoms with Crippen LogP contribution in [-0.4, -0.2) is 37.0 Å². The zero-order valence-electron chi connectivity index (χ0n) is 13.8. The number of hydrogen-bond donors (Lipinski definition) is 1. The van der Waals surface area contributed by atoms with Gasteiger partial charge >= 0.3 is 0 Å². The highest BCUT2D eigenvalue weighted by Gasteiger charge is 2.05. The molecule has 0 saturated carbocycles. The van der Waals surface area contributed by atoms with Crippen molar-refractivity contribution in [2.45, 2.75) is 13.8 Å². The Hall–Kier alpha value is -2.33. The van der Waals surface area contributed by atoms with Crippen molar-refractivity contribution in [2.24, 2.45) is 0 Å². The highest BCUT2D eigenvalue weighted by Crippen LogP contribution is 2.16. The topological polar surface area (TPSA) is 41.6 Å². The Balaban J connectivity index is 1.84. The molecule has 2 aromatic carbocycles. The van der Waals surface area contributed by atoms with Gasteiger partial charge in [-0.1, -0.05) is 32.0 Å². The van der Waals surface area contributed by atoms with Gasteiger partial charge in [0.1, 0.15) is 12.4 Å². The molecule has 0 aliphatic heterocycles. The Morgan fingerprint density at radius 2 is 1.65 bits per heavy atom. The first-order valence-electron chi connectivity index (χ1n) is 8.04. The summed E-state index contributed by atoms with van der Waals surface area (Å²) in [7, 11) is 0. The summed E-state index contributed by atoms with van der Waals surface area (Å²) < 4.78 is 5.73. The fraction of sp³-hybridized carbons (Fsp3) is 0.316. The Bertz CT molecular complexity index is 593.